The summed E-state index contributed by atoms with van der Waals surface area (Å²) in [5.41, 5.74) is 0.926. The van der Waals surface area contributed by atoms with Crippen LogP contribution in [0.4, 0.5) is 0 Å². The summed E-state index contributed by atoms with van der Waals surface area (Å²) in [7, 11) is 0. The third-order valence-corrected chi connectivity index (χ3v) is 5.44. The minimum absolute atomic E-state index is 0.324. The topological polar surface area (TPSA) is 61.1 Å². The SMILES string of the molecule is Cc1cn(CC[C@@H]2C[C@@H]2c2ccccc2)c(=O)n(C(=O)c2ccccc2)c1=O. The van der Waals surface area contributed by atoms with Gasteiger partial charge in [0.1, 0.15) is 0 Å². The fourth-order valence-electron chi connectivity index (χ4n) is 3.77. The number of rotatable bonds is 5. The van der Waals surface area contributed by atoms with Gasteiger partial charge in [-0.2, -0.15) is 4.57 Å². The van der Waals surface area contributed by atoms with E-state index in [1.165, 1.54) is 10.1 Å². The van der Waals surface area contributed by atoms with E-state index in [0.717, 1.165) is 17.4 Å². The Hall–Kier alpha value is -3.21. The second kappa shape index (κ2) is 7.43. The van der Waals surface area contributed by atoms with Gasteiger partial charge in [0, 0.05) is 23.9 Å². The highest BCUT2D eigenvalue weighted by molar-refractivity contribution is 5.95. The summed E-state index contributed by atoms with van der Waals surface area (Å²) in [6.45, 7) is 2.13. The lowest BCUT2D eigenvalue weighted by atomic mass is 10.1. The highest BCUT2D eigenvalue weighted by atomic mass is 16.2. The monoisotopic (exact) mass is 374 g/mol. The molecule has 28 heavy (non-hydrogen) atoms. The number of carbonyl (C=O) groups excluding carboxylic acids is 1. The molecule has 142 valence electrons. The number of nitrogens with zero attached hydrogens (tertiary/aromatic N) is 2. The summed E-state index contributed by atoms with van der Waals surface area (Å²) in [4.78, 5) is 38.0. The van der Waals surface area contributed by atoms with Crippen molar-refractivity contribution in [3.05, 3.63) is 104 Å². The van der Waals surface area contributed by atoms with Crippen LogP contribution in [0.5, 0.6) is 0 Å². The zero-order valence-corrected chi connectivity index (χ0v) is 15.7. The maximum absolute atomic E-state index is 12.8. The lowest BCUT2D eigenvalue weighted by Gasteiger charge is -2.11. The van der Waals surface area contributed by atoms with Crippen LogP contribution in [0.25, 0.3) is 0 Å². The van der Waals surface area contributed by atoms with Gasteiger partial charge in [-0.25, -0.2) is 4.79 Å². The number of aryl methyl sites for hydroxylation is 2. The van der Waals surface area contributed by atoms with E-state index in [-0.39, 0.29) is 0 Å². The Morgan fingerprint density at radius 2 is 1.64 bits per heavy atom. The highest BCUT2D eigenvalue weighted by Crippen LogP contribution is 2.49. The molecule has 1 aliphatic carbocycles. The Morgan fingerprint density at radius 1 is 1.00 bits per heavy atom. The number of hydrogen-bond donors (Lipinski definition) is 0. The average Bonchev–Trinajstić information content (AvgIpc) is 3.51. The Morgan fingerprint density at radius 3 is 2.32 bits per heavy atom. The number of benzene rings is 2. The van der Waals surface area contributed by atoms with E-state index in [2.05, 4.69) is 12.1 Å². The van der Waals surface area contributed by atoms with Gasteiger partial charge in [-0.1, -0.05) is 48.5 Å². The molecular weight excluding hydrogens is 352 g/mol. The Kier molecular flexibility index (Phi) is 4.82. The van der Waals surface area contributed by atoms with Crippen LogP contribution in [0.1, 0.15) is 40.2 Å². The van der Waals surface area contributed by atoms with Gasteiger partial charge in [0.2, 0.25) is 0 Å². The zero-order chi connectivity index (χ0) is 19.7. The molecule has 4 rings (SSSR count). The number of carbonyl (C=O) groups is 1. The molecule has 0 unspecified atom stereocenters. The quantitative estimate of drug-likeness (QED) is 0.689. The van der Waals surface area contributed by atoms with Gasteiger partial charge in [-0.05, 0) is 49.3 Å². The van der Waals surface area contributed by atoms with Crippen molar-refractivity contribution in [2.75, 3.05) is 0 Å². The molecule has 1 saturated carbocycles. The van der Waals surface area contributed by atoms with E-state index in [1.807, 2.05) is 18.2 Å². The zero-order valence-electron chi connectivity index (χ0n) is 15.7. The minimum Gasteiger partial charge on any atom is -0.300 e. The molecule has 2 atom stereocenters. The smallest absolute Gasteiger partial charge is 0.300 e. The molecule has 0 aliphatic heterocycles. The summed E-state index contributed by atoms with van der Waals surface area (Å²) < 4.78 is 2.25. The van der Waals surface area contributed by atoms with Gasteiger partial charge < -0.3 is 0 Å². The maximum Gasteiger partial charge on any atom is 0.338 e. The van der Waals surface area contributed by atoms with Crippen LogP contribution in [0.15, 0.2) is 76.4 Å². The first-order chi connectivity index (χ1) is 13.6. The van der Waals surface area contributed by atoms with Crippen molar-refractivity contribution in [1.82, 2.24) is 9.13 Å². The first-order valence-electron chi connectivity index (χ1n) is 9.54. The third-order valence-electron chi connectivity index (χ3n) is 5.44. The highest BCUT2D eigenvalue weighted by Gasteiger charge is 2.37. The molecule has 1 aromatic heterocycles. The van der Waals surface area contributed by atoms with E-state index in [4.69, 9.17) is 0 Å². The molecule has 1 fully saturated rings. The van der Waals surface area contributed by atoms with Crippen LogP contribution in [-0.4, -0.2) is 15.0 Å². The Labute approximate surface area is 162 Å². The lowest BCUT2D eigenvalue weighted by molar-refractivity contribution is 0.0948. The third kappa shape index (κ3) is 3.48. The molecular formula is C23H22N2O3. The molecule has 2 aromatic carbocycles. The molecule has 3 aromatic rings. The van der Waals surface area contributed by atoms with Crippen molar-refractivity contribution in [1.29, 1.82) is 0 Å². The van der Waals surface area contributed by atoms with Gasteiger partial charge in [0.15, 0.2) is 0 Å². The first-order valence-corrected chi connectivity index (χ1v) is 9.54. The van der Waals surface area contributed by atoms with Gasteiger partial charge in [-0.3, -0.25) is 14.2 Å². The Bertz CT molecular complexity index is 1110. The largest absolute Gasteiger partial charge is 0.338 e. The van der Waals surface area contributed by atoms with Crippen molar-refractivity contribution >= 4 is 5.91 Å². The van der Waals surface area contributed by atoms with Crippen molar-refractivity contribution < 1.29 is 4.79 Å². The molecule has 0 N–H and O–H groups in total. The molecule has 0 radical (unpaired) electrons. The number of aromatic nitrogens is 2. The maximum atomic E-state index is 12.8. The predicted octanol–water partition coefficient (Wildman–Crippen LogP) is 3.20. The fourth-order valence-corrected chi connectivity index (χ4v) is 3.77. The molecule has 0 amide bonds. The second-order valence-corrected chi connectivity index (χ2v) is 7.40. The molecule has 5 heteroatoms. The fraction of sp³-hybridized carbons (Fsp3) is 0.261. The summed E-state index contributed by atoms with van der Waals surface area (Å²) >= 11 is 0. The standard InChI is InChI=1S/C23H22N2O3/c1-16-15-24(13-12-19-14-20(19)17-8-4-2-5-9-17)23(28)25(21(16)26)22(27)18-10-6-3-7-11-18/h2-11,15,19-20H,12-14H2,1H3/t19-,20-/m1/s1. The summed E-state index contributed by atoms with van der Waals surface area (Å²) in [5, 5.41) is 0. The first kappa shape index (κ1) is 18.2. The van der Waals surface area contributed by atoms with E-state index in [1.54, 1.807) is 43.5 Å². The van der Waals surface area contributed by atoms with Crippen molar-refractivity contribution in [3.8, 4) is 0 Å². The van der Waals surface area contributed by atoms with Crippen molar-refractivity contribution in [3.63, 3.8) is 0 Å². The Balaban J connectivity index is 1.56. The molecule has 5 nitrogen and oxygen atoms in total. The van der Waals surface area contributed by atoms with E-state index in [9.17, 15) is 14.4 Å². The van der Waals surface area contributed by atoms with Crippen LogP contribution < -0.4 is 11.2 Å². The molecule has 1 heterocycles. The summed E-state index contributed by atoms with van der Waals surface area (Å²) in [6.07, 6.45) is 3.52. The summed E-state index contributed by atoms with van der Waals surface area (Å²) in [5.74, 6) is 0.483. The second-order valence-electron chi connectivity index (χ2n) is 7.40. The van der Waals surface area contributed by atoms with Crippen LogP contribution in [0, 0.1) is 12.8 Å². The summed E-state index contributed by atoms with van der Waals surface area (Å²) in [6, 6.07) is 18.8. The van der Waals surface area contributed by atoms with Crippen LogP contribution in [-0.2, 0) is 6.54 Å². The number of hydrogen-bond acceptors (Lipinski definition) is 3. The van der Waals surface area contributed by atoms with Gasteiger partial charge in [-0.15, -0.1) is 0 Å². The predicted molar refractivity (Wildman–Crippen MR) is 108 cm³/mol. The van der Waals surface area contributed by atoms with E-state index in [0.29, 0.717) is 29.5 Å². The van der Waals surface area contributed by atoms with Crippen molar-refractivity contribution in [2.24, 2.45) is 5.92 Å². The van der Waals surface area contributed by atoms with Gasteiger partial charge in [0.25, 0.3) is 11.5 Å². The average molecular weight is 374 g/mol. The minimum atomic E-state index is -0.582. The molecule has 0 saturated heterocycles. The van der Waals surface area contributed by atoms with Crippen LogP contribution in [0.3, 0.4) is 0 Å². The van der Waals surface area contributed by atoms with Gasteiger partial charge >= 0.3 is 5.69 Å². The van der Waals surface area contributed by atoms with Crippen LogP contribution in [0.2, 0.25) is 0 Å². The van der Waals surface area contributed by atoms with Crippen LogP contribution >= 0.6 is 0 Å². The molecule has 1 aliphatic rings. The normalized spacial score (nSPS) is 18.0. The molecule has 0 bridgehead atoms. The van der Waals surface area contributed by atoms with Gasteiger partial charge in [0.05, 0.1) is 0 Å². The van der Waals surface area contributed by atoms with Crippen molar-refractivity contribution in [2.45, 2.75) is 32.2 Å². The van der Waals surface area contributed by atoms with E-state index >= 15 is 0 Å². The molecule has 0 spiro atoms. The lowest BCUT2D eigenvalue weighted by Crippen LogP contribution is -2.44. The van der Waals surface area contributed by atoms with E-state index < -0.39 is 17.2 Å².